The van der Waals surface area contributed by atoms with Crippen molar-refractivity contribution in [3.8, 4) is 0 Å². The maximum atomic E-state index is 12.4. The van der Waals surface area contributed by atoms with Gasteiger partial charge in [0.25, 0.3) is 0 Å². The Kier molecular flexibility index (Phi) is 4.10. The molecule has 0 aliphatic heterocycles. The third-order valence-corrected chi connectivity index (χ3v) is 5.11. The minimum Gasteiger partial charge on any atom is -0.378 e. The number of fused-ring (bicyclic) bond motifs is 2. The highest BCUT2D eigenvalue weighted by atomic mass is 19.4. The zero-order chi connectivity index (χ0) is 15.9. The van der Waals surface area contributed by atoms with Gasteiger partial charge in [-0.1, -0.05) is 12.1 Å². The van der Waals surface area contributed by atoms with Gasteiger partial charge in [0, 0.05) is 19.8 Å². The van der Waals surface area contributed by atoms with E-state index in [1.165, 1.54) is 5.56 Å². The summed E-state index contributed by atoms with van der Waals surface area (Å²) in [5.41, 5.74) is 2.38. The van der Waals surface area contributed by atoms with Gasteiger partial charge in [-0.25, -0.2) is 0 Å². The Morgan fingerprint density at radius 3 is 2.41 bits per heavy atom. The quantitative estimate of drug-likeness (QED) is 0.825. The molecule has 2 saturated carbocycles. The summed E-state index contributed by atoms with van der Waals surface area (Å²) in [5, 5.41) is 0. The molecule has 2 aliphatic carbocycles. The van der Waals surface area contributed by atoms with E-state index >= 15 is 0 Å². The summed E-state index contributed by atoms with van der Waals surface area (Å²) >= 11 is 0. The number of hydrogen-bond donors (Lipinski definition) is 0. The molecule has 0 heterocycles. The summed E-state index contributed by atoms with van der Waals surface area (Å²) in [6.07, 6.45) is -1.62. The first-order valence-corrected chi connectivity index (χ1v) is 7.81. The molecule has 2 aliphatic rings. The number of hydrogen-bond acceptors (Lipinski definition) is 2. The van der Waals surface area contributed by atoms with Crippen molar-refractivity contribution in [2.75, 3.05) is 25.6 Å². The first-order chi connectivity index (χ1) is 10.3. The van der Waals surface area contributed by atoms with Crippen molar-refractivity contribution in [2.45, 2.75) is 37.5 Å². The Labute approximate surface area is 129 Å². The van der Waals surface area contributed by atoms with Gasteiger partial charge in [-0.2, -0.15) is 13.2 Å². The lowest BCUT2D eigenvalue weighted by molar-refractivity contribution is -0.189. The largest absolute Gasteiger partial charge is 0.411 e. The van der Waals surface area contributed by atoms with Crippen LogP contribution in [0, 0.1) is 11.8 Å². The van der Waals surface area contributed by atoms with Gasteiger partial charge in [-0.05, 0) is 54.7 Å². The average Bonchev–Trinajstić information content (AvgIpc) is 3.02. The van der Waals surface area contributed by atoms with E-state index in [0.29, 0.717) is 11.8 Å². The van der Waals surface area contributed by atoms with Crippen molar-refractivity contribution in [1.82, 2.24) is 0 Å². The van der Waals surface area contributed by atoms with Crippen LogP contribution in [-0.2, 0) is 4.74 Å². The standard InChI is InChI=1S/C17H22F3NO/c1-21(2)13-6-3-11(4-7-13)16-12-5-8-14(16)15(9-12)22-10-17(18,19)20/h3-4,6-7,12,14-16H,5,8-10H2,1-2H3/t12-,14+,15-,16+/m1/s1. The molecule has 2 bridgehead atoms. The smallest absolute Gasteiger partial charge is 0.378 e. The van der Waals surface area contributed by atoms with E-state index in [-0.39, 0.29) is 12.0 Å². The fourth-order valence-electron chi connectivity index (χ4n) is 4.18. The molecule has 1 aromatic carbocycles. The highest BCUT2D eigenvalue weighted by Crippen LogP contribution is 2.55. The summed E-state index contributed by atoms with van der Waals surface area (Å²) in [6.45, 7) is -1.12. The van der Waals surface area contributed by atoms with Crippen LogP contribution in [0.3, 0.4) is 0 Å². The van der Waals surface area contributed by atoms with E-state index < -0.39 is 12.8 Å². The molecule has 22 heavy (non-hydrogen) atoms. The molecule has 0 spiro atoms. The molecular weight excluding hydrogens is 291 g/mol. The SMILES string of the molecule is CN(C)c1ccc([C@H]2[C@@H]3CC[C@H]2[C@H](OCC(F)(F)F)C3)cc1. The lowest BCUT2D eigenvalue weighted by atomic mass is 9.89. The Hall–Kier alpha value is -1.23. The van der Waals surface area contributed by atoms with Gasteiger partial charge in [-0.15, -0.1) is 0 Å². The monoisotopic (exact) mass is 313 g/mol. The normalized spacial score (nSPS) is 30.8. The maximum absolute atomic E-state index is 12.4. The lowest BCUT2D eigenvalue weighted by Crippen LogP contribution is -2.27. The van der Waals surface area contributed by atoms with Crippen LogP contribution in [0.15, 0.2) is 24.3 Å². The summed E-state index contributed by atoms with van der Waals surface area (Å²) in [7, 11) is 3.99. The number of ether oxygens (including phenoxy) is 1. The molecule has 1 aromatic rings. The molecule has 5 heteroatoms. The average molecular weight is 313 g/mol. The number of anilines is 1. The second-order valence-corrected chi connectivity index (χ2v) is 6.71. The van der Waals surface area contributed by atoms with Crippen LogP contribution in [0.4, 0.5) is 18.9 Å². The van der Waals surface area contributed by atoms with Crippen molar-refractivity contribution < 1.29 is 17.9 Å². The van der Waals surface area contributed by atoms with Gasteiger partial charge in [0.15, 0.2) is 0 Å². The zero-order valence-corrected chi connectivity index (χ0v) is 12.9. The minimum atomic E-state index is -4.23. The summed E-state index contributed by atoms with van der Waals surface area (Å²) < 4.78 is 42.3. The van der Waals surface area contributed by atoms with E-state index in [4.69, 9.17) is 4.74 Å². The number of benzene rings is 1. The van der Waals surface area contributed by atoms with Crippen molar-refractivity contribution >= 4 is 5.69 Å². The van der Waals surface area contributed by atoms with Crippen LogP contribution in [0.2, 0.25) is 0 Å². The van der Waals surface area contributed by atoms with Crippen molar-refractivity contribution in [3.05, 3.63) is 29.8 Å². The van der Waals surface area contributed by atoms with Gasteiger partial charge in [0.1, 0.15) is 6.61 Å². The van der Waals surface area contributed by atoms with Gasteiger partial charge in [0.05, 0.1) is 6.10 Å². The Morgan fingerprint density at radius 1 is 1.14 bits per heavy atom. The lowest BCUT2D eigenvalue weighted by Gasteiger charge is -2.23. The minimum absolute atomic E-state index is 0.234. The number of rotatable bonds is 4. The third kappa shape index (κ3) is 3.09. The molecular formula is C17H22F3NO. The molecule has 0 unspecified atom stereocenters. The highest BCUT2D eigenvalue weighted by Gasteiger charge is 2.49. The molecule has 0 N–H and O–H groups in total. The Bertz CT molecular complexity index is 512. The molecule has 0 aromatic heterocycles. The van der Waals surface area contributed by atoms with Gasteiger partial charge in [-0.3, -0.25) is 0 Å². The predicted octanol–water partition coefficient (Wildman–Crippen LogP) is 4.21. The van der Waals surface area contributed by atoms with Crippen LogP contribution in [-0.4, -0.2) is 33.0 Å². The van der Waals surface area contributed by atoms with Gasteiger partial charge in [0.2, 0.25) is 0 Å². The molecule has 4 atom stereocenters. The van der Waals surface area contributed by atoms with Gasteiger partial charge >= 0.3 is 6.18 Å². The first kappa shape index (κ1) is 15.7. The predicted molar refractivity (Wildman–Crippen MR) is 80.1 cm³/mol. The van der Waals surface area contributed by atoms with E-state index in [9.17, 15) is 13.2 Å². The third-order valence-electron chi connectivity index (χ3n) is 5.11. The fourth-order valence-corrected chi connectivity index (χ4v) is 4.18. The van der Waals surface area contributed by atoms with E-state index in [2.05, 4.69) is 24.3 Å². The molecule has 2 nitrogen and oxygen atoms in total. The van der Waals surface area contributed by atoms with E-state index in [0.717, 1.165) is 24.9 Å². The Balaban J connectivity index is 1.70. The highest BCUT2D eigenvalue weighted by molar-refractivity contribution is 5.47. The molecule has 122 valence electrons. The fraction of sp³-hybridized carbons (Fsp3) is 0.647. The van der Waals surface area contributed by atoms with Crippen molar-refractivity contribution in [2.24, 2.45) is 11.8 Å². The van der Waals surface area contributed by atoms with Crippen LogP contribution >= 0.6 is 0 Å². The molecule has 3 rings (SSSR count). The van der Waals surface area contributed by atoms with Crippen LogP contribution in [0.25, 0.3) is 0 Å². The number of halogens is 3. The summed E-state index contributed by atoms with van der Waals surface area (Å²) in [5.74, 6) is 1.06. The van der Waals surface area contributed by atoms with E-state index in [1.54, 1.807) is 0 Å². The molecule has 2 fully saturated rings. The van der Waals surface area contributed by atoms with Crippen LogP contribution in [0.1, 0.15) is 30.7 Å². The molecule has 0 amide bonds. The van der Waals surface area contributed by atoms with Gasteiger partial charge < -0.3 is 9.64 Å². The topological polar surface area (TPSA) is 12.5 Å². The van der Waals surface area contributed by atoms with Crippen LogP contribution < -0.4 is 4.90 Å². The Morgan fingerprint density at radius 2 is 1.82 bits per heavy atom. The molecule has 0 radical (unpaired) electrons. The summed E-state index contributed by atoms with van der Waals surface area (Å²) in [6, 6.07) is 8.41. The summed E-state index contributed by atoms with van der Waals surface area (Å²) in [4.78, 5) is 2.04. The molecule has 0 saturated heterocycles. The van der Waals surface area contributed by atoms with Crippen molar-refractivity contribution in [1.29, 1.82) is 0 Å². The number of nitrogens with zero attached hydrogens (tertiary/aromatic N) is 1. The first-order valence-electron chi connectivity index (χ1n) is 7.81. The van der Waals surface area contributed by atoms with Crippen LogP contribution in [0.5, 0.6) is 0 Å². The maximum Gasteiger partial charge on any atom is 0.411 e. The second-order valence-electron chi connectivity index (χ2n) is 6.71. The number of alkyl halides is 3. The second kappa shape index (κ2) is 5.76. The zero-order valence-electron chi connectivity index (χ0n) is 12.9. The van der Waals surface area contributed by atoms with E-state index in [1.807, 2.05) is 19.0 Å². The van der Waals surface area contributed by atoms with Crippen molar-refractivity contribution in [3.63, 3.8) is 0 Å².